The maximum Gasteiger partial charge on any atom is 0.227 e. The van der Waals surface area contributed by atoms with Crippen LogP contribution in [0.25, 0.3) is 11.0 Å². The lowest BCUT2D eigenvalue weighted by molar-refractivity contribution is -0.117. The van der Waals surface area contributed by atoms with Crippen molar-refractivity contribution in [2.45, 2.75) is 25.8 Å². The second-order valence-corrected chi connectivity index (χ2v) is 8.59. The first-order valence-electron chi connectivity index (χ1n) is 10.8. The van der Waals surface area contributed by atoms with Gasteiger partial charge in [0.15, 0.2) is 0 Å². The normalized spacial score (nSPS) is 16.1. The van der Waals surface area contributed by atoms with Crippen LogP contribution in [0.3, 0.4) is 0 Å². The van der Waals surface area contributed by atoms with Crippen LogP contribution in [0.5, 0.6) is 5.75 Å². The second-order valence-electron chi connectivity index (χ2n) is 8.15. The number of benzene rings is 3. The number of amides is 1. The van der Waals surface area contributed by atoms with Gasteiger partial charge in [0.05, 0.1) is 17.6 Å². The molecule has 0 N–H and O–H groups in total. The Morgan fingerprint density at radius 3 is 2.56 bits per heavy atom. The maximum absolute atomic E-state index is 12.8. The van der Waals surface area contributed by atoms with Gasteiger partial charge in [0.25, 0.3) is 0 Å². The number of anilines is 1. The summed E-state index contributed by atoms with van der Waals surface area (Å²) in [6.07, 6.45) is 0.454. The van der Waals surface area contributed by atoms with Gasteiger partial charge in [-0.2, -0.15) is 0 Å². The Hall–Kier alpha value is -3.31. The van der Waals surface area contributed by atoms with E-state index in [2.05, 4.69) is 10.6 Å². The molecule has 5 nitrogen and oxygen atoms in total. The Bertz CT molecular complexity index is 1250. The molecule has 1 atom stereocenters. The largest absolute Gasteiger partial charge is 0.492 e. The topological polar surface area (TPSA) is 47.4 Å². The van der Waals surface area contributed by atoms with Crippen molar-refractivity contribution >= 4 is 34.2 Å². The number of hydrogen-bond donors (Lipinski definition) is 0. The van der Waals surface area contributed by atoms with E-state index in [1.807, 2.05) is 78.6 Å². The lowest BCUT2D eigenvalue weighted by Crippen LogP contribution is -2.24. The third-order valence-electron chi connectivity index (χ3n) is 5.92. The van der Waals surface area contributed by atoms with Crippen LogP contribution in [0.15, 0.2) is 72.8 Å². The van der Waals surface area contributed by atoms with Crippen LogP contribution < -0.4 is 9.64 Å². The summed E-state index contributed by atoms with van der Waals surface area (Å²) in [6.45, 7) is 3.82. The van der Waals surface area contributed by atoms with E-state index in [0.29, 0.717) is 31.1 Å². The van der Waals surface area contributed by atoms with Crippen molar-refractivity contribution in [3.63, 3.8) is 0 Å². The smallest absolute Gasteiger partial charge is 0.227 e. The Balaban J connectivity index is 1.39. The molecule has 4 aromatic rings. The number of aromatic nitrogens is 2. The van der Waals surface area contributed by atoms with Gasteiger partial charge >= 0.3 is 0 Å². The molecule has 1 fully saturated rings. The average molecular weight is 446 g/mol. The van der Waals surface area contributed by atoms with Crippen LogP contribution in [0, 0.1) is 6.92 Å². The van der Waals surface area contributed by atoms with Crippen molar-refractivity contribution in [3.8, 4) is 5.75 Å². The van der Waals surface area contributed by atoms with Gasteiger partial charge in [-0.1, -0.05) is 41.4 Å². The number of hydrogen-bond acceptors (Lipinski definition) is 3. The molecule has 0 radical (unpaired) electrons. The number of carbonyl (C=O) groups excluding carboxylic acids is 1. The van der Waals surface area contributed by atoms with E-state index in [9.17, 15) is 4.79 Å². The Morgan fingerprint density at radius 2 is 1.78 bits per heavy atom. The Kier molecular flexibility index (Phi) is 5.58. The highest BCUT2D eigenvalue weighted by molar-refractivity contribution is 6.30. The fourth-order valence-electron chi connectivity index (χ4n) is 4.28. The molecule has 0 spiro atoms. The van der Waals surface area contributed by atoms with E-state index >= 15 is 0 Å². The van der Waals surface area contributed by atoms with E-state index in [0.717, 1.165) is 28.3 Å². The predicted octanol–water partition coefficient (Wildman–Crippen LogP) is 5.60. The summed E-state index contributed by atoms with van der Waals surface area (Å²) >= 11 is 5.96. The van der Waals surface area contributed by atoms with Gasteiger partial charge in [0.1, 0.15) is 18.2 Å². The van der Waals surface area contributed by atoms with Crippen molar-refractivity contribution in [1.29, 1.82) is 0 Å². The van der Waals surface area contributed by atoms with Crippen LogP contribution in [0.4, 0.5) is 5.69 Å². The number of halogens is 1. The third-order valence-corrected chi connectivity index (χ3v) is 6.17. The second kappa shape index (κ2) is 8.67. The van der Waals surface area contributed by atoms with Gasteiger partial charge in [0.2, 0.25) is 5.91 Å². The molecule has 0 unspecified atom stereocenters. The lowest BCUT2D eigenvalue weighted by Gasteiger charge is -2.18. The van der Waals surface area contributed by atoms with Crippen LogP contribution in [-0.2, 0) is 11.3 Å². The first-order chi connectivity index (χ1) is 15.6. The van der Waals surface area contributed by atoms with Crippen molar-refractivity contribution < 1.29 is 9.53 Å². The number of nitrogens with zero attached hydrogens (tertiary/aromatic N) is 3. The molecule has 162 valence electrons. The predicted molar refractivity (Wildman–Crippen MR) is 128 cm³/mol. The summed E-state index contributed by atoms with van der Waals surface area (Å²) in [5.74, 6) is 1.89. The lowest BCUT2D eigenvalue weighted by atomic mass is 10.1. The molecule has 1 aromatic heterocycles. The summed E-state index contributed by atoms with van der Waals surface area (Å²) in [6, 6.07) is 23.6. The zero-order chi connectivity index (χ0) is 22.1. The number of ether oxygens (including phenoxy) is 1. The molecule has 32 heavy (non-hydrogen) atoms. The number of carbonyl (C=O) groups is 1. The van der Waals surface area contributed by atoms with Crippen LogP contribution in [0.2, 0.25) is 5.02 Å². The molecule has 2 heterocycles. The van der Waals surface area contributed by atoms with Gasteiger partial charge in [-0.15, -0.1) is 0 Å². The van der Waals surface area contributed by atoms with Crippen LogP contribution >= 0.6 is 11.6 Å². The van der Waals surface area contributed by atoms with Crippen molar-refractivity contribution in [2.75, 3.05) is 18.1 Å². The first-order valence-corrected chi connectivity index (χ1v) is 11.2. The number of imidazole rings is 1. The van der Waals surface area contributed by atoms with E-state index in [-0.39, 0.29) is 11.8 Å². The summed E-state index contributed by atoms with van der Waals surface area (Å²) < 4.78 is 8.14. The fourth-order valence-corrected chi connectivity index (χ4v) is 4.41. The minimum atomic E-state index is 0.0340. The highest BCUT2D eigenvalue weighted by Crippen LogP contribution is 2.33. The number of para-hydroxylation sites is 2. The summed E-state index contributed by atoms with van der Waals surface area (Å²) in [7, 11) is 0. The van der Waals surface area contributed by atoms with Gasteiger partial charge in [-0.05, 0) is 55.5 Å². The third kappa shape index (κ3) is 4.08. The molecular formula is C26H24ClN3O2. The molecular weight excluding hydrogens is 422 g/mol. The zero-order valence-electron chi connectivity index (χ0n) is 17.9. The highest BCUT2D eigenvalue weighted by atomic mass is 35.5. The SMILES string of the molecule is Cc1ccc(N2C[C@@H](c3nc4ccccc4n3CCOc3ccc(Cl)cc3)CC2=O)cc1. The molecule has 0 aliphatic carbocycles. The molecule has 6 heteroatoms. The molecule has 1 aliphatic heterocycles. The molecule has 0 bridgehead atoms. The molecule has 5 rings (SSSR count). The molecule has 0 saturated carbocycles. The summed E-state index contributed by atoms with van der Waals surface area (Å²) in [4.78, 5) is 19.6. The van der Waals surface area contributed by atoms with Gasteiger partial charge in [-0.3, -0.25) is 4.79 Å². The summed E-state index contributed by atoms with van der Waals surface area (Å²) in [5.41, 5.74) is 4.12. The number of fused-ring (bicyclic) bond motifs is 1. The van der Waals surface area contributed by atoms with Crippen molar-refractivity contribution in [2.24, 2.45) is 0 Å². The maximum atomic E-state index is 12.8. The molecule has 1 amide bonds. The van der Waals surface area contributed by atoms with Gasteiger partial charge < -0.3 is 14.2 Å². The monoisotopic (exact) mass is 445 g/mol. The summed E-state index contributed by atoms with van der Waals surface area (Å²) in [5, 5.41) is 0.685. The van der Waals surface area contributed by atoms with Crippen molar-refractivity contribution in [3.05, 3.63) is 89.2 Å². The minimum Gasteiger partial charge on any atom is -0.492 e. The number of aryl methyl sites for hydroxylation is 1. The highest BCUT2D eigenvalue weighted by Gasteiger charge is 2.34. The standard InChI is InChI=1S/C26H24ClN3O2/c1-18-6-10-21(11-7-18)30-17-19(16-25(30)31)26-28-23-4-2-3-5-24(23)29(26)14-15-32-22-12-8-20(27)9-13-22/h2-13,19H,14-17H2,1H3/t19-/m0/s1. The van der Waals surface area contributed by atoms with E-state index in [4.69, 9.17) is 21.3 Å². The first kappa shape index (κ1) is 20.6. The van der Waals surface area contributed by atoms with Gasteiger partial charge in [0, 0.05) is 29.6 Å². The van der Waals surface area contributed by atoms with Crippen LogP contribution in [0.1, 0.15) is 23.7 Å². The average Bonchev–Trinajstić information content (AvgIpc) is 3.36. The minimum absolute atomic E-state index is 0.0340. The Morgan fingerprint density at radius 1 is 1.03 bits per heavy atom. The zero-order valence-corrected chi connectivity index (χ0v) is 18.6. The fraction of sp³-hybridized carbons (Fsp3) is 0.231. The van der Waals surface area contributed by atoms with E-state index in [1.54, 1.807) is 0 Å². The quantitative estimate of drug-likeness (QED) is 0.388. The molecule has 3 aromatic carbocycles. The van der Waals surface area contributed by atoms with E-state index in [1.165, 1.54) is 5.56 Å². The molecule has 1 aliphatic rings. The Labute approximate surface area is 192 Å². The van der Waals surface area contributed by atoms with Crippen molar-refractivity contribution in [1.82, 2.24) is 9.55 Å². The number of rotatable bonds is 6. The van der Waals surface area contributed by atoms with Gasteiger partial charge in [-0.25, -0.2) is 4.98 Å². The van der Waals surface area contributed by atoms with E-state index < -0.39 is 0 Å². The molecule has 1 saturated heterocycles. The van der Waals surface area contributed by atoms with Crippen LogP contribution in [-0.4, -0.2) is 28.6 Å².